The van der Waals surface area contributed by atoms with Crippen LogP contribution in [0.15, 0.2) is 97.2 Å². The second-order valence-corrected chi connectivity index (χ2v) is 7.96. The van der Waals surface area contributed by atoms with Gasteiger partial charge in [-0.2, -0.15) is 0 Å². The summed E-state index contributed by atoms with van der Waals surface area (Å²) >= 11 is 0. The lowest BCUT2D eigenvalue weighted by Crippen LogP contribution is -1.97. The van der Waals surface area contributed by atoms with Gasteiger partial charge < -0.3 is 9.67 Å². The molecule has 0 saturated carbocycles. The Morgan fingerprint density at radius 1 is 0.774 bits per heavy atom. The molecule has 5 aromatic rings. The highest BCUT2D eigenvalue weighted by Crippen LogP contribution is 2.29. The molecule has 31 heavy (non-hydrogen) atoms. The summed E-state index contributed by atoms with van der Waals surface area (Å²) in [6.07, 6.45) is 3.72. The molecule has 0 fully saturated rings. The van der Waals surface area contributed by atoms with Crippen LogP contribution in [0, 0.1) is 0 Å². The Hall–Kier alpha value is -3.85. The molecule has 0 aliphatic heterocycles. The molecule has 3 nitrogen and oxygen atoms in total. The molecule has 0 aliphatic rings. The molecule has 0 unspecified atom stereocenters. The van der Waals surface area contributed by atoms with Crippen LogP contribution in [0.1, 0.15) is 23.1 Å². The van der Waals surface area contributed by atoms with Crippen molar-refractivity contribution in [3.05, 3.63) is 114 Å². The van der Waals surface area contributed by atoms with E-state index in [9.17, 15) is 4.79 Å². The molecule has 0 saturated heterocycles. The topological polar surface area (TPSA) is 42.2 Å². The molecule has 0 bridgehead atoms. The number of para-hydroxylation sites is 1. The SMILES string of the molecule is O=C(O)CCc1ccc2c(c1)c(Cc1ccc3ccccc3c1)cn2-c1ccccc1. The maximum atomic E-state index is 11.0. The fraction of sp³-hybridized carbons (Fsp3) is 0.107. The minimum atomic E-state index is -0.765. The van der Waals surface area contributed by atoms with Crippen LogP contribution in [0.5, 0.6) is 0 Å². The molecule has 0 radical (unpaired) electrons. The molecule has 152 valence electrons. The average molecular weight is 405 g/mol. The second kappa shape index (κ2) is 8.11. The number of carboxylic acid groups (broad SMARTS) is 1. The summed E-state index contributed by atoms with van der Waals surface area (Å²) in [5.41, 5.74) is 5.82. The number of carbonyl (C=O) groups is 1. The van der Waals surface area contributed by atoms with Gasteiger partial charge in [-0.1, -0.05) is 66.7 Å². The molecule has 3 heteroatoms. The first-order valence-corrected chi connectivity index (χ1v) is 10.6. The molecule has 0 aliphatic carbocycles. The van der Waals surface area contributed by atoms with Gasteiger partial charge in [0, 0.05) is 23.7 Å². The van der Waals surface area contributed by atoms with Crippen molar-refractivity contribution >= 4 is 27.6 Å². The van der Waals surface area contributed by atoms with Crippen molar-refractivity contribution in [2.45, 2.75) is 19.3 Å². The third-order valence-electron chi connectivity index (χ3n) is 5.82. The zero-order valence-electron chi connectivity index (χ0n) is 17.2. The average Bonchev–Trinajstić information content (AvgIpc) is 3.16. The van der Waals surface area contributed by atoms with E-state index >= 15 is 0 Å². The lowest BCUT2D eigenvalue weighted by Gasteiger charge is -2.06. The van der Waals surface area contributed by atoms with Crippen LogP contribution in [0.4, 0.5) is 0 Å². The first kappa shape index (κ1) is 19.1. The third kappa shape index (κ3) is 3.95. The molecular formula is C28H23NO2. The summed E-state index contributed by atoms with van der Waals surface area (Å²) in [7, 11) is 0. The van der Waals surface area contributed by atoms with Gasteiger partial charge in [-0.05, 0) is 64.6 Å². The quantitative estimate of drug-likeness (QED) is 0.356. The number of fused-ring (bicyclic) bond motifs is 2. The lowest BCUT2D eigenvalue weighted by molar-refractivity contribution is -0.136. The van der Waals surface area contributed by atoms with E-state index in [1.54, 1.807) is 0 Å². The van der Waals surface area contributed by atoms with Crippen molar-refractivity contribution in [1.29, 1.82) is 0 Å². The van der Waals surface area contributed by atoms with E-state index in [4.69, 9.17) is 5.11 Å². The number of aliphatic carboxylic acids is 1. The number of hydrogen-bond donors (Lipinski definition) is 1. The smallest absolute Gasteiger partial charge is 0.303 e. The number of benzene rings is 4. The Kier molecular flexibility index (Phi) is 5.01. The van der Waals surface area contributed by atoms with Gasteiger partial charge in [0.15, 0.2) is 0 Å². The second-order valence-electron chi connectivity index (χ2n) is 7.96. The van der Waals surface area contributed by atoms with Crippen molar-refractivity contribution in [3.63, 3.8) is 0 Å². The number of rotatable bonds is 6. The van der Waals surface area contributed by atoms with Gasteiger partial charge in [0.05, 0.1) is 5.52 Å². The minimum Gasteiger partial charge on any atom is -0.481 e. The van der Waals surface area contributed by atoms with Crippen LogP contribution in [0.25, 0.3) is 27.4 Å². The van der Waals surface area contributed by atoms with Crippen LogP contribution in [-0.2, 0) is 17.6 Å². The molecular weight excluding hydrogens is 382 g/mol. The van der Waals surface area contributed by atoms with Gasteiger partial charge in [-0.3, -0.25) is 4.79 Å². The van der Waals surface area contributed by atoms with E-state index in [1.807, 2.05) is 24.3 Å². The molecule has 4 aromatic carbocycles. The summed E-state index contributed by atoms with van der Waals surface area (Å²) in [6.45, 7) is 0. The highest BCUT2D eigenvalue weighted by Gasteiger charge is 2.12. The first-order valence-electron chi connectivity index (χ1n) is 10.6. The molecule has 0 amide bonds. The number of nitrogens with zero attached hydrogens (tertiary/aromatic N) is 1. The fourth-order valence-corrected chi connectivity index (χ4v) is 4.26. The summed E-state index contributed by atoms with van der Waals surface area (Å²) in [5.74, 6) is -0.765. The van der Waals surface area contributed by atoms with Crippen molar-refractivity contribution in [3.8, 4) is 5.69 Å². The van der Waals surface area contributed by atoms with Gasteiger partial charge in [0.1, 0.15) is 0 Å². The van der Waals surface area contributed by atoms with Crippen LogP contribution >= 0.6 is 0 Å². The number of hydrogen-bond acceptors (Lipinski definition) is 1. The maximum absolute atomic E-state index is 11.0. The predicted octanol–water partition coefficient (Wildman–Crippen LogP) is 6.39. The van der Waals surface area contributed by atoms with Crippen LogP contribution in [0.2, 0.25) is 0 Å². The van der Waals surface area contributed by atoms with E-state index in [-0.39, 0.29) is 6.42 Å². The zero-order chi connectivity index (χ0) is 21.2. The lowest BCUT2D eigenvalue weighted by atomic mass is 9.99. The van der Waals surface area contributed by atoms with Gasteiger partial charge >= 0.3 is 5.97 Å². The van der Waals surface area contributed by atoms with Gasteiger partial charge in [0.25, 0.3) is 0 Å². The Bertz CT molecular complexity index is 1380. The summed E-state index contributed by atoms with van der Waals surface area (Å²) in [5, 5.41) is 12.7. The van der Waals surface area contributed by atoms with E-state index in [1.165, 1.54) is 27.3 Å². The van der Waals surface area contributed by atoms with Gasteiger partial charge in [-0.15, -0.1) is 0 Å². The molecule has 0 spiro atoms. The normalized spacial score (nSPS) is 11.2. The van der Waals surface area contributed by atoms with E-state index in [0.29, 0.717) is 6.42 Å². The van der Waals surface area contributed by atoms with E-state index in [2.05, 4.69) is 77.5 Å². The third-order valence-corrected chi connectivity index (χ3v) is 5.82. The highest BCUT2D eigenvalue weighted by molar-refractivity contribution is 5.87. The molecule has 5 rings (SSSR count). The maximum Gasteiger partial charge on any atom is 0.303 e. The minimum absolute atomic E-state index is 0.144. The van der Waals surface area contributed by atoms with Crippen LogP contribution in [-0.4, -0.2) is 15.6 Å². The molecule has 1 aromatic heterocycles. The number of aryl methyl sites for hydroxylation is 1. The fourth-order valence-electron chi connectivity index (χ4n) is 4.26. The first-order chi connectivity index (χ1) is 15.2. The van der Waals surface area contributed by atoms with Crippen molar-refractivity contribution in [2.75, 3.05) is 0 Å². The Balaban J connectivity index is 1.60. The molecule has 1 heterocycles. The van der Waals surface area contributed by atoms with Gasteiger partial charge in [-0.25, -0.2) is 0 Å². The summed E-state index contributed by atoms with van der Waals surface area (Å²) < 4.78 is 2.23. The highest BCUT2D eigenvalue weighted by atomic mass is 16.4. The van der Waals surface area contributed by atoms with Crippen molar-refractivity contribution in [1.82, 2.24) is 4.57 Å². The van der Waals surface area contributed by atoms with Crippen molar-refractivity contribution in [2.24, 2.45) is 0 Å². The monoisotopic (exact) mass is 405 g/mol. The number of aromatic nitrogens is 1. The zero-order valence-corrected chi connectivity index (χ0v) is 17.2. The molecule has 1 N–H and O–H groups in total. The molecule has 0 atom stereocenters. The Labute approximate surface area is 181 Å². The Morgan fingerprint density at radius 2 is 1.52 bits per heavy atom. The summed E-state index contributed by atoms with van der Waals surface area (Å²) in [6, 6.07) is 31.7. The van der Waals surface area contributed by atoms with Gasteiger partial charge in [0.2, 0.25) is 0 Å². The van der Waals surface area contributed by atoms with E-state index in [0.717, 1.165) is 23.2 Å². The number of carboxylic acids is 1. The standard InChI is InChI=1S/C28H23NO2/c30-28(31)15-12-20-11-14-27-26(18-20)24(19-29(27)25-8-2-1-3-9-25)17-21-10-13-22-6-4-5-7-23(22)16-21/h1-11,13-14,16,18-19H,12,15,17H2,(H,30,31). The van der Waals surface area contributed by atoms with Crippen LogP contribution < -0.4 is 0 Å². The Morgan fingerprint density at radius 3 is 2.32 bits per heavy atom. The predicted molar refractivity (Wildman–Crippen MR) is 126 cm³/mol. The largest absolute Gasteiger partial charge is 0.481 e. The summed E-state index contributed by atoms with van der Waals surface area (Å²) in [4.78, 5) is 11.0. The van der Waals surface area contributed by atoms with E-state index < -0.39 is 5.97 Å². The van der Waals surface area contributed by atoms with Crippen LogP contribution in [0.3, 0.4) is 0 Å². The van der Waals surface area contributed by atoms with Crippen molar-refractivity contribution < 1.29 is 9.90 Å².